The van der Waals surface area contributed by atoms with Gasteiger partial charge in [-0.1, -0.05) is 0 Å². The number of likely N-dealkylation sites (tertiary alicyclic amines) is 2. The zero-order chi connectivity index (χ0) is 16.6. The number of hydrogen-bond donors (Lipinski definition) is 1. The molecule has 5 nitrogen and oxygen atoms in total. The third-order valence-corrected chi connectivity index (χ3v) is 6.05. The third kappa shape index (κ3) is 2.93. The Morgan fingerprint density at radius 3 is 2.75 bits per heavy atom. The molecule has 0 saturated carbocycles. The Morgan fingerprint density at radius 2 is 1.92 bits per heavy atom. The molecule has 24 heavy (non-hydrogen) atoms. The van der Waals surface area contributed by atoms with Crippen LogP contribution < -0.4 is 0 Å². The third-order valence-electron chi connectivity index (χ3n) is 6.05. The van der Waals surface area contributed by atoms with Gasteiger partial charge in [0.15, 0.2) is 0 Å². The fraction of sp³-hybridized carbons (Fsp3) is 0.579. The summed E-state index contributed by atoms with van der Waals surface area (Å²) in [4.78, 5) is 24.7. The van der Waals surface area contributed by atoms with E-state index in [9.17, 15) is 4.79 Å². The van der Waals surface area contributed by atoms with Crippen molar-refractivity contribution in [1.29, 1.82) is 0 Å². The first-order valence-corrected chi connectivity index (χ1v) is 9.06. The van der Waals surface area contributed by atoms with Crippen LogP contribution in [0.1, 0.15) is 42.5 Å². The van der Waals surface area contributed by atoms with E-state index in [2.05, 4.69) is 26.8 Å². The molecule has 2 aliphatic rings. The smallest absolute Gasteiger partial charge is 0.253 e. The topological polar surface area (TPSA) is 52.2 Å². The van der Waals surface area contributed by atoms with Crippen molar-refractivity contribution in [3.8, 4) is 0 Å². The average Bonchev–Trinajstić information content (AvgIpc) is 2.98. The molecule has 5 heteroatoms. The molecule has 1 amide bonds. The second-order valence-electron chi connectivity index (χ2n) is 7.58. The van der Waals surface area contributed by atoms with Gasteiger partial charge in [-0.05, 0) is 75.9 Å². The minimum atomic E-state index is 0.163. The summed E-state index contributed by atoms with van der Waals surface area (Å²) in [6.07, 6.45) is 7.79. The van der Waals surface area contributed by atoms with Gasteiger partial charge >= 0.3 is 0 Å². The molecule has 0 aliphatic carbocycles. The number of amides is 1. The van der Waals surface area contributed by atoms with Crippen molar-refractivity contribution >= 4 is 16.9 Å². The molecule has 0 bridgehead atoms. The molecule has 2 fully saturated rings. The van der Waals surface area contributed by atoms with Gasteiger partial charge in [-0.3, -0.25) is 4.79 Å². The van der Waals surface area contributed by atoms with Crippen LogP contribution in [-0.2, 0) is 0 Å². The van der Waals surface area contributed by atoms with Gasteiger partial charge in [-0.15, -0.1) is 0 Å². The molecule has 0 unspecified atom stereocenters. The minimum Gasteiger partial charge on any atom is -0.345 e. The highest BCUT2D eigenvalue weighted by atomic mass is 16.2. The first kappa shape index (κ1) is 15.6. The van der Waals surface area contributed by atoms with E-state index in [0.29, 0.717) is 5.41 Å². The van der Waals surface area contributed by atoms with Crippen LogP contribution in [0.5, 0.6) is 0 Å². The Kier molecular flexibility index (Phi) is 4.04. The molecule has 4 rings (SSSR count). The molecule has 3 heterocycles. The summed E-state index contributed by atoms with van der Waals surface area (Å²) in [7, 11) is 2.21. The summed E-state index contributed by atoms with van der Waals surface area (Å²) in [5, 5.41) is 0. The molecule has 2 aliphatic heterocycles. The van der Waals surface area contributed by atoms with Crippen LogP contribution in [0, 0.1) is 5.41 Å². The number of H-pyrrole nitrogens is 1. The van der Waals surface area contributed by atoms with Gasteiger partial charge in [0.05, 0.1) is 17.4 Å². The van der Waals surface area contributed by atoms with Crippen molar-refractivity contribution < 1.29 is 4.79 Å². The summed E-state index contributed by atoms with van der Waals surface area (Å²) in [6.45, 7) is 4.18. The molecule has 0 radical (unpaired) electrons. The average molecular weight is 326 g/mol. The number of benzene rings is 1. The van der Waals surface area contributed by atoms with E-state index in [4.69, 9.17) is 0 Å². The largest absolute Gasteiger partial charge is 0.345 e. The van der Waals surface area contributed by atoms with Crippen molar-refractivity contribution in [2.75, 3.05) is 33.2 Å². The Balaban J connectivity index is 1.47. The molecule has 2 aromatic rings. The molecule has 128 valence electrons. The van der Waals surface area contributed by atoms with Gasteiger partial charge in [0.25, 0.3) is 5.91 Å². The van der Waals surface area contributed by atoms with E-state index in [1.54, 1.807) is 6.33 Å². The van der Waals surface area contributed by atoms with Crippen molar-refractivity contribution in [2.45, 2.75) is 32.1 Å². The zero-order valence-electron chi connectivity index (χ0n) is 14.4. The number of carbonyl (C=O) groups is 1. The standard InChI is InChI=1S/C19H26N4O/c1-22-10-6-19(7-11-22)5-2-9-23(12-8-19)18(24)15-3-4-16-17(13-15)21-14-20-16/h3-4,13-14H,2,5-12H2,1H3,(H,20,21). The van der Waals surface area contributed by atoms with Gasteiger partial charge in [-0.2, -0.15) is 0 Å². The SMILES string of the molecule is CN1CCC2(CCCN(C(=O)c3ccc4nc[nH]c4c3)CC2)CC1. The highest BCUT2D eigenvalue weighted by Gasteiger charge is 2.36. The number of aromatic amines is 1. The molecule has 1 aromatic carbocycles. The number of aromatic nitrogens is 2. The fourth-order valence-corrected chi connectivity index (χ4v) is 4.30. The van der Waals surface area contributed by atoms with Crippen LogP contribution >= 0.6 is 0 Å². The highest BCUT2D eigenvalue weighted by Crippen LogP contribution is 2.41. The predicted octanol–water partition coefficient (Wildman–Crippen LogP) is 2.90. The maximum Gasteiger partial charge on any atom is 0.253 e. The fourth-order valence-electron chi connectivity index (χ4n) is 4.30. The number of nitrogens with one attached hydrogen (secondary N) is 1. The summed E-state index contributed by atoms with van der Waals surface area (Å²) < 4.78 is 0. The quantitative estimate of drug-likeness (QED) is 0.877. The lowest BCUT2D eigenvalue weighted by molar-refractivity contribution is 0.0734. The van der Waals surface area contributed by atoms with Crippen LogP contribution in [0.3, 0.4) is 0 Å². The first-order valence-electron chi connectivity index (χ1n) is 9.06. The normalized spacial score (nSPS) is 22.0. The molecular formula is C19H26N4O. The van der Waals surface area contributed by atoms with Crippen molar-refractivity contribution in [2.24, 2.45) is 5.41 Å². The second kappa shape index (κ2) is 6.20. The van der Waals surface area contributed by atoms with Crippen LogP contribution in [-0.4, -0.2) is 58.9 Å². The highest BCUT2D eigenvalue weighted by molar-refractivity contribution is 5.97. The number of hydrogen-bond acceptors (Lipinski definition) is 3. The molecule has 1 aromatic heterocycles. The molecule has 1 N–H and O–H groups in total. The van der Waals surface area contributed by atoms with Crippen LogP contribution in [0.4, 0.5) is 0 Å². The lowest BCUT2D eigenvalue weighted by Gasteiger charge is -2.40. The Bertz CT molecular complexity index is 730. The Morgan fingerprint density at radius 1 is 1.12 bits per heavy atom. The molecular weight excluding hydrogens is 300 g/mol. The minimum absolute atomic E-state index is 0.163. The molecule has 1 spiro atoms. The number of rotatable bonds is 1. The monoisotopic (exact) mass is 326 g/mol. The number of nitrogens with zero attached hydrogens (tertiary/aromatic N) is 3. The van der Waals surface area contributed by atoms with E-state index >= 15 is 0 Å². The van der Waals surface area contributed by atoms with Crippen molar-refractivity contribution in [3.63, 3.8) is 0 Å². The maximum absolute atomic E-state index is 12.9. The first-order chi connectivity index (χ1) is 11.7. The lowest BCUT2D eigenvalue weighted by Crippen LogP contribution is -2.39. The number of imidazole rings is 1. The second-order valence-corrected chi connectivity index (χ2v) is 7.58. The number of piperidine rings is 1. The van der Waals surface area contributed by atoms with E-state index < -0.39 is 0 Å². The van der Waals surface area contributed by atoms with Crippen LogP contribution in [0.25, 0.3) is 11.0 Å². The summed E-state index contributed by atoms with van der Waals surface area (Å²) in [6, 6.07) is 5.76. The summed E-state index contributed by atoms with van der Waals surface area (Å²) >= 11 is 0. The van der Waals surface area contributed by atoms with Crippen LogP contribution in [0.2, 0.25) is 0 Å². The summed E-state index contributed by atoms with van der Waals surface area (Å²) in [5.74, 6) is 0.163. The van der Waals surface area contributed by atoms with Gasteiger partial charge in [0, 0.05) is 18.7 Å². The lowest BCUT2D eigenvalue weighted by atomic mass is 9.73. The molecule has 0 atom stereocenters. The predicted molar refractivity (Wildman–Crippen MR) is 95.0 cm³/mol. The van der Waals surface area contributed by atoms with E-state index in [-0.39, 0.29) is 5.91 Å². The zero-order valence-corrected chi connectivity index (χ0v) is 14.4. The van der Waals surface area contributed by atoms with Gasteiger partial charge in [0.1, 0.15) is 0 Å². The van der Waals surface area contributed by atoms with Crippen molar-refractivity contribution in [1.82, 2.24) is 19.8 Å². The Hall–Kier alpha value is -1.88. The summed E-state index contributed by atoms with van der Waals surface area (Å²) in [5.41, 5.74) is 3.08. The van der Waals surface area contributed by atoms with Gasteiger partial charge < -0.3 is 14.8 Å². The molecule has 2 saturated heterocycles. The number of fused-ring (bicyclic) bond motifs is 1. The number of carbonyl (C=O) groups excluding carboxylic acids is 1. The van der Waals surface area contributed by atoms with Crippen LogP contribution in [0.15, 0.2) is 24.5 Å². The van der Waals surface area contributed by atoms with E-state index in [0.717, 1.165) is 42.5 Å². The Labute approximate surface area is 143 Å². The van der Waals surface area contributed by atoms with E-state index in [1.807, 2.05) is 18.2 Å². The van der Waals surface area contributed by atoms with Crippen molar-refractivity contribution in [3.05, 3.63) is 30.1 Å². The maximum atomic E-state index is 12.9. The van der Waals surface area contributed by atoms with Gasteiger partial charge in [-0.25, -0.2) is 4.98 Å². The van der Waals surface area contributed by atoms with E-state index in [1.165, 1.54) is 32.4 Å². The van der Waals surface area contributed by atoms with Gasteiger partial charge in [0.2, 0.25) is 0 Å².